The highest BCUT2D eigenvalue weighted by molar-refractivity contribution is 5.91. The molecule has 7 heteroatoms. The molecule has 1 aliphatic heterocycles. The molecular weight excluding hydrogens is 435 g/mol. The molecule has 3 aromatic rings. The van der Waals surface area contributed by atoms with Crippen molar-refractivity contribution in [2.75, 3.05) is 13.1 Å². The molecule has 1 N–H and O–H groups in total. The van der Waals surface area contributed by atoms with Crippen molar-refractivity contribution in [2.24, 2.45) is 0 Å². The van der Waals surface area contributed by atoms with E-state index in [1.54, 1.807) is 18.2 Å². The number of nitrogens with zero attached hydrogens (tertiary/aromatic N) is 1. The molecule has 0 spiro atoms. The SMILES string of the molecule is CCCNC(=O)c1ccc(COc2ccc3c(c2)[C@@H](c2cccc(F)c2)N(C(=O)CC)CC3)o1. The first-order valence-electron chi connectivity index (χ1n) is 11.7. The summed E-state index contributed by atoms with van der Waals surface area (Å²) in [4.78, 5) is 26.6. The predicted octanol–water partition coefficient (Wildman–Crippen LogP) is 5.02. The zero-order chi connectivity index (χ0) is 24.1. The zero-order valence-electron chi connectivity index (χ0n) is 19.5. The molecule has 0 saturated heterocycles. The summed E-state index contributed by atoms with van der Waals surface area (Å²) in [5.74, 6) is 0.828. The van der Waals surface area contributed by atoms with Gasteiger partial charge < -0.3 is 19.4 Å². The minimum Gasteiger partial charge on any atom is -0.486 e. The third kappa shape index (κ3) is 5.14. The molecule has 6 nitrogen and oxygen atoms in total. The quantitative estimate of drug-likeness (QED) is 0.508. The second kappa shape index (κ2) is 10.5. The van der Waals surface area contributed by atoms with Gasteiger partial charge in [0.15, 0.2) is 5.76 Å². The second-order valence-corrected chi connectivity index (χ2v) is 8.32. The summed E-state index contributed by atoms with van der Waals surface area (Å²) in [6, 6.07) is 15.2. The van der Waals surface area contributed by atoms with Crippen molar-refractivity contribution >= 4 is 11.8 Å². The van der Waals surface area contributed by atoms with Gasteiger partial charge in [0.2, 0.25) is 5.91 Å². The van der Waals surface area contributed by atoms with Crippen molar-refractivity contribution in [2.45, 2.75) is 45.8 Å². The Bertz CT molecular complexity index is 1170. The number of carbonyl (C=O) groups is 2. The lowest BCUT2D eigenvalue weighted by Crippen LogP contribution is -2.40. The van der Waals surface area contributed by atoms with Crippen molar-refractivity contribution in [3.8, 4) is 5.75 Å². The van der Waals surface area contributed by atoms with E-state index in [0.717, 1.165) is 29.5 Å². The Labute approximate surface area is 198 Å². The first-order chi connectivity index (χ1) is 16.5. The Morgan fingerprint density at radius 1 is 1.15 bits per heavy atom. The van der Waals surface area contributed by atoms with Crippen LogP contribution in [-0.2, 0) is 17.8 Å². The topological polar surface area (TPSA) is 71.8 Å². The molecule has 0 unspecified atom stereocenters. The smallest absolute Gasteiger partial charge is 0.286 e. The van der Waals surface area contributed by atoms with E-state index >= 15 is 0 Å². The molecule has 0 saturated carbocycles. The molecular formula is C27H29FN2O4. The van der Waals surface area contributed by atoms with E-state index in [0.29, 0.717) is 31.0 Å². The van der Waals surface area contributed by atoms with Gasteiger partial charge in [0.25, 0.3) is 5.91 Å². The number of hydrogen-bond acceptors (Lipinski definition) is 4. The second-order valence-electron chi connectivity index (χ2n) is 8.32. The Morgan fingerprint density at radius 3 is 2.76 bits per heavy atom. The van der Waals surface area contributed by atoms with Crippen molar-refractivity contribution in [1.82, 2.24) is 10.2 Å². The molecule has 1 atom stereocenters. The highest BCUT2D eigenvalue weighted by Crippen LogP contribution is 2.37. The number of rotatable bonds is 8. The Morgan fingerprint density at radius 2 is 2.00 bits per heavy atom. The number of ether oxygens (including phenoxy) is 1. The first kappa shape index (κ1) is 23.5. The van der Waals surface area contributed by atoms with Crippen molar-refractivity contribution in [3.63, 3.8) is 0 Å². The third-order valence-corrected chi connectivity index (χ3v) is 5.93. The largest absolute Gasteiger partial charge is 0.486 e. The number of halogens is 1. The fraction of sp³-hybridized carbons (Fsp3) is 0.333. The van der Waals surface area contributed by atoms with Crippen LogP contribution in [-0.4, -0.2) is 29.8 Å². The minimum atomic E-state index is -0.382. The standard InChI is InChI=1S/C27H29FN2O4/c1-3-13-29-27(32)24-11-10-22(34-24)17-33-21-9-8-18-12-14-30(25(31)4-2)26(23(18)16-21)19-6-5-7-20(28)15-19/h5-11,15-16,26H,3-4,12-14,17H2,1-2H3,(H,29,32)/t26-/m1/s1. The zero-order valence-corrected chi connectivity index (χ0v) is 19.5. The molecule has 2 aromatic carbocycles. The molecule has 1 aromatic heterocycles. The predicted molar refractivity (Wildman–Crippen MR) is 126 cm³/mol. The monoisotopic (exact) mass is 464 g/mol. The third-order valence-electron chi connectivity index (χ3n) is 5.93. The fourth-order valence-electron chi connectivity index (χ4n) is 4.25. The summed E-state index contributed by atoms with van der Waals surface area (Å²) >= 11 is 0. The molecule has 2 heterocycles. The van der Waals surface area contributed by atoms with Gasteiger partial charge in [-0.2, -0.15) is 0 Å². The number of fused-ring (bicyclic) bond motifs is 1. The number of nitrogens with one attached hydrogen (secondary N) is 1. The number of carbonyl (C=O) groups excluding carboxylic acids is 2. The summed E-state index contributed by atoms with van der Waals surface area (Å²) in [5, 5.41) is 2.78. The van der Waals surface area contributed by atoms with E-state index in [-0.39, 0.29) is 36.0 Å². The molecule has 2 amide bonds. The summed E-state index contributed by atoms with van der Waals surface area (Å²) in [6.07, 6.45) is 1.95. The lowest BCUT2D eigenvalue weighted by molar-refractivity contribution is -0.132. The number of furan rings is 1. The lowest BCUT2D eigenvalue weighted by Gasteiger charge is -2.38. The fourth-order valence-corrected chi connectivity index (χ4v) is 4.25. The van der Waals surface area contributed by atoms with Crippen LogP contribution in [0.25, 0.3) is 0 Å². The highest BCUT2D eigenvalue weighted by atomic mass is 19.1. The highest BCUT2D eigenvalue weighted by Gasteiger charge is 2.32. The van der Waals surface area contributed by atoms with Crippen LogP contribution in [0.1, 0.15) is 65.7 Å². The molecule has 4 rings (SSSR count). The molecule has 34 heavy (non-hydrogen) atoms. The van der Waals surface area contributed by atoms with Gasteiger partial charge >= 0.3 is 0 Å². The van der Waals surface area contributed by atoms with Gasteiger partial charge in [-0.1, -0.05) is 32.0 Å². The Kier molecular flexibility index (Phi) is 7.30. The van der Waals surface area contributed by atoms with Gasteiger partial charge in [0, 0.05) is 19.5 Å². The molecule has 0 radical (unpaired) electrons. The van der Waals surface area contributed by atoms with Crippen LogP contribution >= 0.6 is 0 Å². The maximum Gasteiger partial charge on any atom is 0.286 e. The van der Waals surface area contributed by atoms with Gasteiger partial charge in [0.1, 0.15) is 23.9 Å². The number of amides is 2. The summed E-state index contributed by atoms with van der Waals surface area (Å²) in [6.45, 7) is 5.14. The van der Waals surface area contributed by atoms with Crippen LogP contribution in [0.5, 0.6) is 5.75 Å². The average Bonchev–Trinajstić information content (AvgIpc) is 3.34. The maximum atomic E-state index is 14.1. The molecule has 0 fully saturated rings. The maximum absolute atomic E-state index is 14.1. The van der Waals surface area contributed by atoms with Gasteiger partial charge in [0.05, 0.1) is 6.04 Å². The van der Waals surface area contributed by atoms with Crippen LogP contribution in [0.15, 0.2) is 59.0 Å². The molecule has 0 bridgehead atoms. The molecule has 178 valence electrons. The van der Waals surface area contributed by atoms with Crippen molar-refractivity contribution in [1.29, 1.82) is 0 Å². The average molecular weight is 465 g/mol. The van der Waals surface area contributed by atoms with E-state index < -0.39 is 0 Å². The summed E-state index contributed by atoms with van der Waals surface area (Å²) in [5.41, 5.74) is 2.76. The summed E-state index contributed by atoms with van der Waals surface area (Å²) < 4.78 is 25.6. The molecule has 1 aliphatic rings. The normalized spacial score (nSPS) is 15.0. The van der Waals surface area contributed by atoms with Crippen LogP contribution in [0.4, 0.5) is 4.39 Å². The minimum absolute atomic E-state index is 0.0238. The van der Waals surface area contributed by atoms with Crippen LogP contribution in [0, 0.1) is 5.82 Å². The molecule has 0 aliphatic carbocycles. The van der Waals surface area contributed by atoms with E-state index in [1.165, 1.54) is 12.1 Å². The van der Waals surface area contributed by atoms with E-state index in [2.05, 4.69) is 5.32 Å². The van der Waals surface area contributed by atoms with Crippen LogP contribution in [0.3, 0.4) is 0 Å². The number of hydrogen-bond donors (Lipinski definition) is 1. The first-order valence-corrected chi connectivity index (χ1v) is 11.7. The van der Waals surface area contributed by atoms with E-state index in [4.69, 9.17) is 9.15 Å². The van der Waals surface area contributed by atoms with E-state index in [1.807, 2.05) is 43.0 Å². The number of benzene rings is 2. The lowest BCUT2D eigenvalue weighted by atomic mass is 9.87. The van der Waals surface area contributed by atoms with E-state index in [9.17, 15) is 14.0 Å². The van der Waals surface area contributed by atoms with Gasteiger partial charge in [-0.3, -0.25) is 9.59 Å². The Hall–Kier alpha value is -3.61. The van der Waals surface area contributed by atoms with Crippen LogP contribution in [0.2, 0.25) is 0 Å². The van der Waals surface area contributed by atoms with Crippen molar-refractivity contribution in [3.05, 3.63) is 88.6 Å². The van der Waals surface area contributed by atoms with Gasteiger partial charge in [-0.05, 0) is 65.9 Å². The van der Waals surface area contributed by atoms with Crippen molar-refractivity contribution < 1.29 is 23.1 Å². The Balaban J connectivity index is 1.56. The van der Waals surface area contributed by atoms with Gasteiger partial charge in [-0.25, -0.2) is 4.39 Å². The van der Waals surface area contributed by atoms with Crippen LogP contribution < -0.4 is 10.1 Å². The summed E-state index contributed by atoms with van der Waals surface area (Å²) in [7, 11) is 0. The van der Waals surface area contributed by atoms with Gasteiger partial charge in [-0.15, -0.1) is 0 Å².